The zero-order valence-corrected chi connectivity index (χ0v) is 23.2. The first kappa shape index (κ1) is 24.2. The van der Waals surface area contributed by atoms with Crippen molar-refractivity contribution in [1.29, 1.82) is 0 Å². The van der Waals surface area contributed by atoms with E-state index in [1.165, 1.54) is 27.2 Å². The summed E-state index contributed by atoms with van der Waals surface area (Å²) in [4.78, 5) is 19.0. The zero-order valence-electron chi connectivity index (χ0n) is 18.2. The Morgan fingerprint density at radius 2 is 2.06 bits per heavy atom. The maximum absolute atomic E-state index is 11.6. The minimum Gasteiger partial charge on any atom is -0.471 e. The number of benzene rings is 1. The monoisotopic (exact) mass is 662 g/mol. The molecular weight excluding hydrogens is 632 g/mol. The van der Waals surface area contributed by atoms with Crippen LogP contribution in [0.4, 0.5) is 0 Å². The summed E-state index contributed by atoms with van der Waals surface area (Å²) in [6.07, 6.45) is 5.95. The van der Waals surface area contributed by atoms with E-state index in [0.29, 0.717) is 0 Å². The van der Waals surface area contributed by atoms with Crippen LogP contribution in [0.1, 0.15) is 50.6 Å². The van der Waals surface area contributed by atoms with Crippen molar-refractivity contribution in [2.24, 2.45) is 17.5 Å². The van der Waals surface area contributed by atoms with Crippen LogP contribution in [0.25, 0.3) is 10.2 Å². The fourth-order valence-electron chi connectivity index (χ4n) is 4.36. The molecule has 1 aromatic heterocycles. The van der Waals surface area contributed by atoms with Crippen LogP contribution in [0.15, 0.2) is 47.4 Å². The molecule has 6 nitrogen and oxygen atoms in total. The van der Waals surface area contributed by atoms with Crippen molar-refractivity contribution in [3.8, 4) is 0 Å². The normalized spacial score (nSPS) is 19.5. The van der Waals surface area contributed by atoms with Gasteiger partial charge in [-0.3, -0.25) is 0 Å². The van der Waals surface area contributed by atoms with Gasteiger partial charge in [-0.05, 0) is 55.5 Å². The number of aromatic nitrogens is 1. The quantitative estimate of drug-likeness (QED) is 0.203. The van der Waals surface area contributed by atoms with Crippen molar-refractivity contribution in [2.75, 3.05) is 6.54 Å². The molecule has 1 aromatic carbocycles. The van der Waals surface area contributed by atoms with Gasteiger partial charge in [-0.2, -0.15) is 6.92 Å². The average molecular weight is 663 g/mol. The number of rotatable bonds is 7. The van der Waals surface area contributed by atoms with Crippen molar-refractivity contribution in [3.05, 3.63) is 59.4 Å². The van der Waals surface area contributed by atoms with Gasteiger partial charge in [-0.1, -0.05) is 31.7 Å². The minimum atomic E-state index is -0.415. The third kappa shape index (κ3) is 5.14. The van der Waals surface area contributed by atoms with E-state index in [0.717, 1.165) is 37.7 Å². The summed E-state index contributed by atoms with van der Waals surface area (Å²) in [5, 5.41) is 2.78. The largest absolute Gasteiger partial charge is 0.471 e. The number of fused-ring (bicyclic) bond motifs is 1. The number of carbonyl (C=O) groups excluding carboxylic acids is 1. The number of hydrogen-bond donors (Lipinski definition) is 2. The first-order valence-electron chi connectivity index (χ1n) is 10.6. The number of hydrazine groups is 1. The summed E-state index contributed by atoms with van der Waals surface area (Å²) < 4.78 is 1.23. The van der Waals surface area contributed by atoms with Crippen LogP contribution >= 0.6 is 11.3 Å². The average Bonchev–Trinajstić information content (AvgIpc) is 3.25. The number of thiazole rings is 1. The summed E-state index contributed by atoms with van der Waals surface area (Å²) in [6, 6.07) is 8.52. The molecule has 1 aliphatic heterocycles. The maximum Gasteiger partial charge on any atom is 0.116 e. The Labute approximate surface area is 212 Å². The Morgan fingerprint density at radius 1 is 1.35 bits per heavy atom. The van der Waals surface area contributed by atoms with Crippen LogP contribution in [0, 0.1) is 44.0 Å². The minimum absolute atomic E-state index is 0. The van der Waals surface area contributed by atoms with E-state index >= 15 is 0 Å². The summed E-state index contributed by atoms with van der Waals surface area (Å²) in [5.41, 5.74) is 9.73. The first-order valence-corrected chi connectivity index (χ1v) is 11.4. The molecule has 2 unspecified atom stereocenters. The summed E-state index contributed by atoms with van der Waals surface area (Å²) >= 11 is 1.79. The number of nitrogens with two attached hydrogens (primary N) is 2. The van der Waals surface area contributed by atoms with Gasteiger partial charge in [-0.15, -0.1) is 11.3 Å². The van der Waals surface area contributed by atoms with Gasteiger partial charge in [0.05, 0.1) is 22.3 Å². The molecule has 2 atom stereocenters. The van der Waals surface area contributed by atoms with Crippen molar-refractivity contribution >= 4 is 27.3 Å². The van der Waals surface area contributed by atoms with E-state index in [-0.39, 0.29) is 54.8 Å². The van der Waals surface area contributed by atoms with Crippen molar-refractivity contribution in [1.82, 2.24) is 14.9 Å². The topological polar surface area (TPSA) is 88.5 Å². The number of ketones is 1. The van der Waals surface area contributed by atoms with E-state index in [1.54, 1.807) is 16.3 Å². The molecule has 1 saturated carbocycles. The molecule has 0 radical (unpaired) electrons. The maximum atomic E-state index is 11.6. The van der Waals surface area contributed by atoms with Crippen LogP contribution in [0.2, 0.25) is 0 Å². The fourth-order valence-corrected chi connectivity index (χ4v) is 5.47. The zero-order chi connectivity index (χ0) is 21.4. The summed E-state index contributed by atoms with van der Waals surface area (Å²) in [7, 11) is 0. The number of likely N-dealkylation sites (tertiary alicyclic amines) is 1. The number of carbonyl (C=O) groups is 1. The third-order valence-corrected chi connectivity index (χ3v) is 7.00. The van der Waals surface area contributed by atoms with E-state index < -0.39 is 5.78 Å². The standard InChI is InChI=1S/C23H30N5OS.U/c1-14(2)21(28(25)13-17(24)15(3)29)22(16-10-11-16)27-12-6-8-19(27)23-26-18-7-4-5-9-20(18)30-23;/h4-5,7,9,13-14,19,21H,3,6,8,10-12,24-25H2,1-2H3;/q-1;/b17-13-;. The molecule has 4 rings (SSSR count). The van der Waals surface area contributed by atoms with E-state index in [2.05, 4.69) is 43.9 Å². The molecule has 4 N–H and O–H groups in total. The third-order valence-electron chi connectivity index (χ3n) is 5.86. The first-order chi connectivity index (χ1) is 14.4. The summed E-state index contributed by atoms with van der Waals surface area (Å²) in [5.74, 6) is 6.29. The molecule has 2 fully saturated rings. The van der Waals surface area contributed by atoms with Crippen molar-refractivity contribution < 1.29 is 35.9 Å². The molecular formula is C23H30N5OSU-. The van der Waals surface area contributed by atoms with Gasteiger partial charge in [0.2, 0.25) is 0 Å². The number of Topliss-reactive ketones (excluding diaryl/α,β-unsaturated/α-hetero) is 1. The molecule has 0 spiro atoms. The van der Waals surface area contributed by atoms with Gasteiger partial charge >= 0.3 is 0 Å². The number of allylic oxidation sites excluding steroid dienone is 2. The Morgan fingerprint density at radius 3 is 2.68 bits per heavy atom. The Hall–Kier alpha value is -1.46. The molecule has 8 heteroatoms. The van der Waals surface area contributed by atoms with Crippen molar-refractivity contribution in [3.63, 3.8) is 0 Å². The molecule has 2 aliphatic rings. The number of para-hydroxylation sites is 1. The van der Waals surface area contributed by atoms with Crippen LogP contribution in [0.5, 0.6) is 0 Å². The molecule has 0 amide bonds. The SMILES string of the molecule is [CH2-]C(=O)/C(N)=C/N(N)C(C(=C1CC1)N1CCCC1c1nc2ccccc2s1)C(C)C.[U]. The fraction of sp³-hybridized carbons (Fsp3) is 0.435. The molecule has 1 aliphatic carbocycles. The predicted octanol–water partition coefficient (Wildman–Crippen LogP) is 3.88. The van der Waals surface area contributed by atoms with Gasteiger partial charge in [-0.25, -0.2) is 10.8 Å². The Kier molecular flexibility index (Phi) is 7.80. The van der Waals surface area contributed by atoms with Gasteiger partial charge < -0.3 is 20.4 Å². The van der Waals surface area contributed by atoms with Crippen LogP contribution in [-0.4, -0.2) is 33.3 Å². The summed E-state index contributed by atoms with van der Waals surface area (Å²) in [6.45, 7) is 8.70. The van der Waals surface area contributed by atoms with Crippen LogP contribution in [0.3, 0.4) is 0 Å². The smallest absolute Gasteiger partial charge is 0.116 e. The van der Waals surface area contributed by atoms with Crippen molar-refractivity contribution in [2.45, 2.75) is 51.6 Å². The predicted molar refractivity (Wildman–Crippen MR) is 122 cm³/mol. The molecule has 164 valence electrons. The molecule has 2 aromatic rings. The second-order valence-electron chi connectivity index (χ2n) is 8.50. The molecule has 31 heavy (non-hydrogen) atoms. The number of nitrogens with zero attached hydrogens (tertiary/aromatic N) is 3. The van der Waals surface area contributed by atoms with Gasteiger partial charge in [0.25, 0.3) is 0 Å². The van der Waals surface area contributed by atoms with E-state index in [1.807, 2.05) is 6.07 Å². The van der Waals surface area contributed by atoms with Crippen LogP contribution in [-0.2, 0) is 4.79 Å². The number of hydrogen-bond acceptors (Lipinski definition) is 7. The molecule has 0 bridgehead atoms. The Bertz CT molecular complexity index is 975. The van der Waals surface area contributed by atoms with Gasteiger partial charge in [0.15, 0.2) is 0 Å². The Balaban J connectivity index is 0.00000272. The van der Waals surface area contributed by atoms with Crippen LogP contribution < -0.4 is 11.6 Å². The molecule has 2 heterocycles. The van der Waals surface area contributed by atoms with Gasteiger partial charge in [0, 0.05) is 49.1 Å². The van der Waals surface area contributed by atoms with E-state index in [9.17, 15) is 4.79 Å². The van der Waals surface area contributed by atoms with Gasteiger partial charge in [0.1, 0.15) is 5.01 Å². The van der Waals surface area contributed by atoms with E-state index in [4.69, 9.17) is 16.6 Å². The molecule has 1 saturated heterocycles. The second kappa shape index (κ2) is 10.00. The second-order valence-corrected chi connectivity index (χ2v) is 9.57.